The number of urea groups is 1. The van der Waals surface area contributed by atoms with E-state index in [1.54, 1.807) is 13.0 Å². The molecule has 3 N–H and O–H groups in total. The van der Waals surface area contributed by atoms with Crippen molar-refractivity contribution in [1.29, 1.82) is 0 Å². The summed E-state index contributed by atoms with van der Waals surface area (Å²) in [5.74, 6) is -0.403. The monoisotopic (exact) mass is 268 g/mol. The van der Waals surface area contributed by atoms with Crippen LogP contribution < -0.4 is 10.6 Å². The zero-order chi connectivity index (χ0) is 14.5. The summed E-state index contributed by atoms with van der Waals surface area (Å²) in [5, 5.41) is 15.2. The minimum Gasteiger partial charge on any atom is -0.388 e. The van der Waals surface area contributed by atoms with Gasteiger partial charge in [-0.1, -0.05) is 19.9 Å². The first-order chi connectivity index (χ1) is 8.90. The maximum Gasteiger partial charge on any atom is 0.319 e. The van der Waals surface area contributed by atoms with E-state index in [-0.39, 0.29) is 6.54 Å². The number of hydrogen-bond donors (Lipinski definition) is 3. The standard InChI is InChI=1S/C14H21FN2O2/c1-4-14(19,5-2)9-16-13(18)17-12-8-11(15)7-6-10(12)3/h6-8,19H,4-5,9H2,1-3H3,(H2,16,17,18). The molecule has 0 radical (unpaired) electrons. The van der Waals surface area contributed by atoms with Gasteiger partial charge in [0.25, 0.3) is 0 Å². The number of benzene rings is 1. The number of amides is 2. The van der Waals surface area contributed by atoms with Gasteiger partial charge in [0.15, 0.2) is 0 Å². The van der Waals surface area contributed by atoms with Crippen LogP contribution in [0.3, 0.4) is 0 Å². The number of hydrogen-bond acceptors (Lipinski definition) is 2. The third kappa shape index (κ3) is 4.52. The fourth-order valence-electron chi connectivity index (χ4n) is 1.64. The summed E-state index contributed by atoms with van der Waals surface area (Å²) in [6, 6.07) is 3.75. The Balaban J connectivity index is 2.58. The molecule has 0 aliphatic rings. The summed E-state index contributed by atoms with van der Waals surface area (Å²) in [6.45, 7) is 5.67. The molecule has 0 aliphatic heterocycles. The van der Waals surface area contributed by atoms with E-state index >= 15 is 0 Å². The van der Waals surface area contributed by atoms with Crippen molar-refractivity contribution in [3.63, 3.8) is 0 Å². The minimum atomic E-state index is -0.895. The van der Waals surface area contributed by atoms with Crippen molar-refractivity contribution in [2.45, 2.75) is 39.2 Å². The van der Waals surface area contributed by atoms with Crippen molar-refractivity contribution in [2.24, 2.45) is 0 Å². The van der Waals surface area contributed by atoms with E-state index in [0.29, 0.717) is 18.5 Å². The summed E-state index contributed by atoms with van der Waals surface area (Å²) >= 11 is 0. The van der Waals surface area contributed by atoms with Gasteiger partial charge in [-0.25, -0.2) is 9.18 Å². The van der Waals surface area contributed by atoms with Crippen LogP contribution in [0.4, 0.5) is 14.9 Å². The van der Waals surface area contributed by atoms with Crippen LogP contribution in [0, 0.1) is 12.7 Å². The van der Waals surface area contributed by atoms with E-state index in [4.69, 9.17) is 0 Å². The van der Waals surface area contributed by atoms with Gasteiger partial charge >= 0.3 is 6.03 Å². The Morgan fingerprint density at radius 1 is 1.37 bits per heavy atom. The van der Waals surface area contributed by atoms with Crippen molar-refractivity contribution < 1.29 is 14.3 Å². The molecule has 19 heavy (non-hydrogen) atoms. The lowest BCUT2D eigenvalue weighted by molar-refractivity contribution is 0.0354. The summed E-state index contributed by atoms with van der Waals surface area (Å²) in [5.41, 5.74) is 0.306. The fraction of sp³-hybridized carbons (Fsp3) is 0.500. The molecule has 0 aliphatic carbocycles. The van der Waals surface area contributed by atoms with Gasteiger partial charge in [0.05, 0.1) is 5.60 Å². The summed E-state index contributed by atoms with van der Waals surface area (Å²) in [6.07, 6.45) is 1.12. The second-order valence-corrected chi connectivity index (χ2v) is 4.70. The van der Waals surface area contributed by atoms with E-state index in [1.807, 2.05) is 13.8 Å². The largest absolute Gasteiger partial charge is 0.388 e. The molecule has 0 spiro atoms. The number of carbonyl (C=O) groups is 1. The number of aryl methyl sites for hydroxylation is 1. The van der Waals surface area contributed by atoms with Crippen molar-refractivity contribution in [1.82, 2.24) is 5.32 Å². The van der Waals surface area contributed by atoms with E-state index in [1.165, 1.54) is 12.1 Å². The van der Waals surface area contributed by atoms with E-state index < -0.39 is 17.4 Å². The van der Waals surface area contributed by atoms with Gasteiger partial charge in [0.2, 0.25) is 0 Å². The van der Waals surface area contributed by atoms with Crippen molar-refractivity contribution in [3.05, 3.63) is 29.6 Å². The highest BCUT2D eigenvalue weighted by Gasteiger charge is 2.22. The van der Waals surface area contributed by atoms with Gasteiger partial charge in [-0.2, -0.15) is 0 Å². The van der Waals surface area contributed by atoms with Crippen molar-refractivity contribution in [3.8, 4) is 0 Å². The molecule has 0 heterocycles. The number of rotatable bonds is 5. The first-order valence-electron chi connectivity index (χ1n) is 6.43. The molecule has 1 rings (SSSR count). The molecule has 1 aromatic carbocycles. The molecule has 0 bridgehead atoms. The minimum absolute atomic E-state index is 0.167. The summed E-state index contributed by atoms with van der Waals surface area (Å²) in [7, 11) is 0. The van der Waals surface area contributed by atoms with Gasteiger partial charge < -0.3 is 15.7 Å². The van der Waals surface area contributed by atoms with Gasteiger partial charge in [-0.15, -0.1) is 0 Å². The zero-order valence-electron chi connectivity index (χ0n) is 11.6. The Kier molecular flexibility index (Phi) is 5.30. The maximum absolute atomic E-state index is 13.1. The smallest absolute Gasteiger partial charge is 0.319 e. The number of halogens is 1. The second-order valence-electron chi connectivity index (χ2n) is 4.70. The topological polar surface area (TPSA) is 61.4 Å². The van der Waals surface area contributed by atoms with Crippen LogP contribution >= 0.6 is 0 Å². The highest BCUT2D eigenvalue weighted by atomic mass is 19.1. The Morgan fingerprint density at radius 2 is 2.00 bits per heavy atom. The predicted octanol–water partition coefficient (Wildman–Crippen LogP) is 2.81. The quantitative estimate of drug-likeness (QED) is 0.769. The molecule has 5 heteroatoms. The Morgan fingerprint density at radius 3 is 2.58 bits per heavy atom. The Labute approximate surface area is 113 Å². The zero-order valence-corrected chi connectivity index (χ0v) is 11.6. The SMILES string of the molecule is CCC(O)(CC)CNC(=O)Nc1cc(F)ccc1C. The van der Waals surface area contributed by atoms with Gasteiger partial charge in [0.1, 0.15) is 5.82 Å². The predicted molar refractivity (Wildman–Crippen MR) is 73.7 cm³/mol. The molecule has 0 aromatic heterocycles. The Bertz CT molecular complexity index is 445. The van der Waals surface area contributed by atoms with E-state index in [9.17, 15) is 14.3 Å². The molecule has 0 atom stereocenters. The highest BCUT2D eigenvalue weighted by Crippen LogP contribution is 2.16. The van der Waals surface area contributed by atoms with Crippen LogP contribution in [0.2, 0.25) is 0 Å². The van der Waals surface area contributed by atoms with E-state index in [2.05, 4.69) is 10.6 Å². The highest BCUT2D eigenvalue weighted by molar-refractivity contribution is 5.90. The number of anilines is 1. The van der Waals surface area contributed by atoms with E-state index in [0.717, 1.165) is 5.56 Å². The first kappa shape index (κ1) is 15.4. The lowest BCUT2D eigenvalue weighted by Crippen LogP contribution is -2.43. The number of aliphatic hydroxyl groups is 1. The van der Waals surface area contributed by atoms with Crippen LogP contribution in [0.5, 0.6) is 0 Å². The Hall–Kier alpha value is -1.62. The maximum atomic E-state index is 13.1. The third-order valence-corrected chi connectivity index (χ3v) is 3.34. The molecule has 106 valence electrons. The van der Waals surface area contributed by atoms with Crippen molar-refractivity contribution in [2.75, 3.05) is 11.9 Å². The average molecular weight is 268 g/mol. The van der Waals surface area contributed by atoms with Crippen LogP contribution in [0.15, 0.2) is 18.2 Å². The number of carbonyl (C=O) groups excluding carboxylic acids is 1. The molecule has 0 saturated carbocycles. The molecular weight excluding hydrogens is 247 g/mol. The molecule has 4 nitrogen and oxygen atoms in total. The lowest BCUT2D eigenvalue weighted by Gasteiger charge is -2.25. The van der Waals surface area contributed by atoms with Gasteiger partial charge in [0, 0.05) is 12.2 Å². The third-order valence-electron chi connectivity index (χ3n) is 3.34. The second kappa shape index (κ2) is 6.52. The lowest BCUT2D eigenvalue weighted by atomic mass is 9.98. The van der Waals surface area contributed by atoms with Crippen LogP contribution in [0.1, 0.15) is 32.3 Å². The fourth-order valence-corrected chi connectivity index (χ4v) is 1.64. The molecule has 0 unspecified atom stereocenters. The molecular formula is C14H21FN2O2. The van der Waals surface area contributed by atoms with Gasteiger partial charge in [-0.3, -0.25) is 0 Å². The summed E-state index contributed by atoms with van der Waals surface area (Å²) in [4.78, 5) is 11.7. The first-order valence-corrected chi connectivity index (χ1v) is 6.43. The number of nitrogens with one attached hydrogen (secondary N) is 2. The average Bonchev–Trinajstić information content (AvgIpc) is 2.40. The van der Waals surface area contributed by atoms with Gasteiger partial charge in [-0.05, 0) is 37.5 Å². The molecule has 0 fully saturated rings. The molecule has 2 amide bonds. The van der Waals surface area contributed by atoms with Crippen LogP contribution in [-0.4, -0.2) is 23.3 Å². The summed E-state index contributed by atoms with van der Waals surface area (Å²) < 4.78 is 13.1. The van der Waals surface area contributed by atoms with Crippen LogP contribution in [-0.2, 0) is 0 Å². The van der Waals surface area contributed by atoms with Crippen molar-refractivity contribution >= 4 is 11.7 Å². The molecule has 0 saturated heterocycles. The van der Waals surface area contributed by atoms with Crippen LogP contribution in [0.25, 0.3) is 0 Å². The normalized spacial score (nSPS) is 11.2. The molecule has 1 aromatic rings.